The van der Waals surface area contributed by atoms with Gasteiger partial charge in [-0.1, -0.05) is 13.8 Å². The van der Waals surface area contributed by atoms with Gasteiger partial charge in [-0.3, -0.25) is 14.9 Å². The number of carbonyl (C=O) groups is 1. The number of hydrogen-bond acceptors (Lipinski definition) is 6. The van der Waals surface area contributed by atoms with Crippen LogP contribution in [0.15, 0.2) is 47.4 Å². The molecule has 0 N–H and O–H groups in total. The Bertz CT molecular complexity index is 1070. The van der Waals surface area contributed by atoms with Gasteiger partial charge in [-0.25, -0.2) is 8.42 Å². The van der Waals surface area contributed by atoms with Crippen LogP contribution in [0.5, 0.6) is 5.75 Å². The average molecular weight is 448 g/mol. The predicted octanol–water partition coefficient (Wildman–Crippen LogP) is 2.98. The normalized spacial score (nSPS) is 13.7. The maximum Gasteiger partial charge on any atom is 0.269 e. The minimum Gasteiger partial charge on any atom is -0.484 e. The molecule has 0 aliphatic carbocycles. The summed E-state index contributed by atoms with van der Waals surface area (Å²) >= 11 is 0. The van der Waals surface area contributed by atoms with E-state index in [1.54, 1.807) is 30.9 Å². The monoisotopic (exact) mass is 447 g/mol. The van der Waals surface area contributed by atoms with Crippen LogP contribution in [0.3, 0.4) is 0 Å². The Kier molecular flexibility index (Phi) is 6.91. The van der Waals surface area contributed by atoms with Gasteiger partial charge in [0.2, 0.25) is 10.0 Å². The topological polar surface area (TPSA) is 110 Å². The number of ether oxygens (including phenoxy) is 1. The van der Waals surface area contributed by atoms with Crippen LogP contribution in [0.1, 0.15) is 25.8 Å². The molecule has 0 aromatic heterocycles. The summed E-state index contributed by atoms with van der Waals surface area (Å²) in [5.41, 5.74) is 1.43. The number of carbonyl (C=O) groups excluding carboxylic acids is 1. The second kappa shape index (κ2) is 9.44. The molecule has 2 aromatic rings. The molecule has 0 fully saturated rings. The molecule has 1 aliphatic heterocycles. The van der Waals surface area contributed by atoms with E-state index in [0.29, 0.717) is 43.9 Å². The van der Waals surface area contributed by atoms with Gasteiger partial charge < -0.3 is 9.64 Å². The number of nitrogens with zero attached hydrogens (tertiary/aromatic N) is 3. The minimum absolute atomic E-state index is 0.0564. The van der Waals surface area contributed by atoms with E-state index in [0.717, 1.165) is 5.56 Å². The summed E-state index contributed by atoms with van der Waals surface area (Å²) in [5.74, 6) is 0.0931. The van der Waals surface area contributed by atoms with Crippen molar-refractivity contribution in [3.05, 3.63) is 58.1 Å². The summed E-state index contributed by atoms with van der Waals surface area (Å²) in [4.78, 5) is 24.8. The summed E-state index contributed by atoms with van der Waals surface area (Å²) in [6, 6.07) is 10.4. The Morgan fingerprint density at radius 2 is 1.84 bits per heavy atom. The molecule has 0 atom stereocenters. The van der Waals surface area contributed by atoms with Gasteiger partial charge in [0.15, 0.2) is 6.61 Å². The molecule has 2 aromatic carbocycles. The van der Waals surface area contributed by atoms with Gasteiger partial charge in [-0.15, -0.1) is 0 Å². The molecular weight excluding hydrogens is 422 g/mol. The number of amides is 1. The van der Waals surface area contributed by atoms with E-state index < -0.39 is 14.9 Å². The van der Waals surface area contributed by atoms with Crippen LogP contribution in [0.25, 0.3) is 0 Å². The zero-order chi connectivity index (χ0) is 22.6. The highest BCUT2D eigenvalue weighted by atomic mass is 32.2. The van der Waals surface area contributed by atoms with Crippen molar-refractivity contribution in [2.45, 2.75) is 31.6 Å². The third-order valence-corrected chi connectivity index (χ3v) is 7.27. The standard InChI is InChI=1S/C21H25N3O6S/c1-3-22(4-2)31(28,29)19-11-12-20-16(14-19)6-5-13-23(20)21(25)15-30-18-9-7-17(8-10-18)24(26)27/h7-12,14H,3-6,13,15H2,1-2H3. The molecule has 0 radical (unpaired) electrons. The predicted molar refractivity (Wildman–Crippen MR) is 116 cm³/mol. The molecule has 1 heterocycles. The fraction of sp³-hybridized carbons (Fsp3) is 0.381. The molecule has 0 unspecified atom stereocenters. The Labute approximate surface area is 181 Å². The maximum atomic E-state index is 12.8. The van der Waals surface area contributed by atoms with Crippen LogP contribution in [0.4, 0.5) is 11.4 Å². The lowest BCUT2D eigenvalue weighted by Crippen LogP contribution is -2.39. The number of hydrogen-bond donors (Lipinski definition) is 0. The van der Waals surface area contributed by atoms with Crippen molar-refractivity contribution < 1.29 is 22.9 Å². The van der Waals surface area contributed by atoms with Crippen molar-refractivity contribution in [1.29, 1.82) is 0 Å². The van der Waals surface area contributed by atoms with E-state index >= 15 is 0 Å². The summed E-state index contributed by atoms with van der Waals surface area (Å²) in [6.07, 6.45) is 1.40. The molecule has 1 aliphatic rings. The van der Waals surface area contributed by atoms with Crippen molar-refractivity contribution in [1.82, 2.24) is 4.31 Å². The van der Waals surface area contributed by atoms with Crippen LogP contribution in [0, 0.1) is 10.1 Å². The number of non-ortho nitro benzene ring substituents is 1. The van der Waals surface area contributed by atoms with Gasteiger partial charge >= 0.3 is 0 Å². The summed E-state index contributed by atoms with van der Waals surface area (Å²) < 4.78 is 32.5. The first-order valence-electron chi connectivity index (χ1n) is 10.1. The molecule has 10 heteroatoms. The average Bonchev–Trinajstić information content (AvgIpc) is 2.77. The number of anilines is 1. The van der Waals surface area contributed by atoms with Gasteiger partial charge in [-0.05, 0) is 48.7 Å². The lowest BCUT2D eigenvalue weighted by Gasteiger charge is -2.30. The van der Waals surface area contributed by atoms with Crippen LogP contribution >= 0.6 is 0 Å². The Morgan fingerprint density at radius 1 is 1.16 bits per heavy atom. The van der Waals surface area contributed by atoms with E-state index in [1.807, 2.05) is 0 Å². The van der Waals surface area contributed by atoms with Crippen LogP contribution < -0.4 is 9.64 Å². The lowest BCUT2D eigenvalue weighted by atomic mass is 10.0. The zero-order valence-electron chi connectivity index (χ0n) is 17.5. The van der Waals surface area contributed by atoms with Gasteiger partial charge in [0, 0.05) is 37.5 Å². The Balaban J connectivity index is 1.75. The van der Waals surface area contributed by atoms with Gasteiger partial charge in [0.1, 0.15) is 5.75 Å². The number of nitro groups is 1. The molecule has 0 saturated carbocycles. The van der Waals surface area contributed by atoms with Gasteiger partial charge in [-0.2, -0.15) is 4.31 Å². The molecule has 0 bridgehead atoms. The third-order valence-electron chi connectivity index (χ3n) is 5.22. The quantitative estimate of drug-likeness (QED) is 0.454. The number of rotatable bonds is 8. The highest BCUT2D eigenvalue weighted by Gasteiger charge is 2.27. The molecule has 9 nitrogen and oxygen atoms in total. The number of aryl methyl sites for hydroxylation is 1. The van der Waals surface area contributed by atoms with Crippen LogP contribution in [-0.2, 0) is 21.2 Å². The molecule has 0 saturated heterocycles. The lowest BCUT2D eigenvalue weighted by molar-refractivity contribution is -0.384. The van der Waals surface area contributed by atoms with Crippen molar-refractivity contribution in [3.8, 4) is 5.75 Å². The van der Waals surface area contributed by atoms with E-state index in [9.17, 15) is 23.3 Å². The molecule has 3 rings (SSSR count). The molecule has 1 amide bonds. The number of sulfonamides is 1. The summed E-state index contributed by atoms with van der Waals surface area (Å²) in [5, 5.41) is 10.7. The Morgan fingerprint density at radius 3 is 2.45 bits per heavy atom. The van der Waals surface area contributed by atoms with Crippen LogP contribution in [-0.4, -0.2) is 49.8 Å². The number of fused-ring (bicyclic) bond motifs is 1. The summed E-state index contributed by atoms with van der Waals surface area (Å²) in [6.45, 7) is 4.66. The van der Waals surface area contributed by atoms with E-state index in [-0.39, 0.29) is 23.1 Å². The summed E-state index contributed by atoms with van der Waals surface area (Å²) in [7, 11) is -3.57. The second-order valence-electron chi connectivity index (χ2n) is 7.07. The van der Waals surface area contributed by atoms with E-state index in [2.05, 4.69) is 0 Å². The first-order valence-corrected chi connectivity index (χ1v) is 11.5. The van der Waals surface area contributed by atoms with E-state index in [1.165, 1.54) is 34.6 Å². The molecule has 166 valence electrons. The second-order valence-corrected chi connectivity index (χ2v) is 9.01. The first kappa shape index (κ1) is 22.7. The highest BCUT2D eigenvalue weighted by Crippen LogP contribution is 2.30. The molecular formula is C21H25N3O6S. The highest BCUT2D eigenvalue weighted by molar-refractivity contribution is 7.89. The van der Waals surface area contributed by atoms with Crippen molar-refractivity contribution in [3.63, 3.8) is 0 Å². The van der Waals surface area contributed by atoms with Gasteiger partial charge in [0.05, 0.1) is 9.82 Å². The van der Waals surface area contributed by atoms with Crippen molar-refractivity contribution >= 4 is 27.3 Å². The van der Waals surface area contributed by atoms with Crippen LogP contribution in [0.2, 0.25) is 0 Å². The fourth-order valence-corrected chi connectivity index (χ4v) is 5.10. The molecule has 31 heavy (non-hydrogen) atoms. The zero-order valence-corrected chi connectivity index (χ0v) is 18.3. The molecule has 0 spiro atoms. The number of benzene rings is 2. The first-order chi connectivity index (χ1) is 14.8. The number of nitro benzene ring substituents is 1. The SMILES string of the molecule is CCN(CC)S(=O)(=O)c1ccc2c(c1)CCCN2C(=O)COc1ccc([N+](=O)[O-])cc1. The van der Waals surface area contributed by atoms with E-state index in [4.69, 9.17) is 4.74 Å². The smallest absolute Gasteiger partial charge is 0.269 e. The third kappa shape index (κ3) is 4.86. The largest absolute Gasteiger partial charge is 0.484 e. The maximum absolute atomic E-state index is 12.8. The Hall–Kier alpha value is -2.98. The van der Waals surface area contributed by atoms with Crippen molar-refractivity contribution in [2.24, 2.45) is 0 Å². The van der Waals surface area contributed by atoms with Gasteiger partial charge in [0.25, 0.3) is 11.6 Å². The van der Waals surface area contributed by atoms with Crippen molar-refractivity contribution in [2.75, 3.05) is 31.1 Å². The fourth-order valence-electron chi connectivity index (χ4n) is 3.59. The minimum atomic E-state index is -3.57.